The molecule has 2 rings (SSSR count). The van der Waals surface area contributed by atoms with Crippen molar-refractivity contribution in [1.82, 2.24) is 9.88 Å². The van der Waals surface area contributed by atoms with E-state index in [4.69, 9.17) is 9.84 Å². The smallest absolute Gasteiger partial charge is 0.408 e. The van der Waals surface area contributed by atoms with Crippen molar-refractivity contribution >= 4 is 11.9 Å². The molecule has 0 unspecified atom stereocenters. The van der Waals surface area contributed by atoms with Gasteiger partial charge >= 0.3 is 6.09 Å². The number of carbonyl (C=O) groups is 2. The minimum absolute atomic E-state index is 0.00773. The largest absolute Gasteiger partial charge is 0.481 e. The summed E-state index contributed by atoms with van der Waals surface area (Å²) in [7, 11) is 1.35. The molecule has 0 saturated carbocycles. The van der Waals surface area contributed by atoms with Crippen molar-refractivity contribution in [2.24, 2.45) is 0 Å². The Bertz CT molecular complexity index is 506. The van der Waals surface area contributed by atoms with E-state index >= 15 is 0 Å². The summed E-state index contributed by atoms with van der Waals surface area (Å²) in [5.74, 6) is -0.688. The van der Waals surface area contributed by atoms with Gasteiger partial charge in [-0.05, 0) is 6.07 Å². The van der Waals surface area contributed by atoms with Gasteiger partial charge in [0.05, 0.1) is 25.9 Å². The average molecular weight is 254 g/mol. The van der Waals surface area contributed by atoms with Crippen molar-refractivity contribution in [2.75, 3.05) is 13.7 Å². The van der Waals surface area contributed by atoms with E-state index in [1.54, 1.807) is 0 Å². The van der Waals surface area contributed by atoms with E-state index in [2.05, 4.69) is 4.98 Å². The minimum Gasteiger partial charge on any atom is -0.481 e. The first-order chi connectivity index (χ1) is 8.52. The van der Waals surface area contributed by atoms with Crippen LogP contribution in [0.25, 0.3) is 0 Å². The normalized spacial score (nSPS) is 19.1. The van der Waals surface area contributed by atoms with Gasteiger partial charge < -0.3 is 9.84 Å². The number of aromatic nitrogens is 1. The number of pyridine rings is 1. The van der Waals surface area contributed by atoms with Crippen LogP contribution >= 0.6 is 0 Å². The molecule has 6 nitrogen and oxygen atoms in total. The lowest BCUT2D eigenvalue weighted by atomic mass is 10.1. The second-order valence-corrected chi connectivity index (χ2v) is 3.92. The summed E-state index contributed by atoms with van der Waals surface area (Å²) in [5.41, 5.74) is 0.269. The summed E-state index contributed by atoms with van der Waals surface area (Å²) in [6, 6.07) is 0.401. The molecule has 0 radical (unpaired) electrons. The Morgan fingerprint density at radius 2 is 2.39 bits per heavy atom. The van der Waals surface area contributed by atoms with Crippen LogP contribution in [-0.4, -0.2) is 40.5 Å². The standard InChI is InChI=1S/C11H11FN2O4/c1-18-10-8(2-6(12)4-13-10)9-3-7(15)5-14(9)11(16)17/h2,4,9H,3,5H2,1H3,(H,16,17)/t9-/m1/s1. The van der Waals surface area contributed by atoms with Crippen LogP contribution < -0.4 is 4.74 Å². The van der Waals surface area contributed by atoms with Crippen LogP contribution in [0.15, 0.2) is 12.3 Å². The summed E-state index contributed by atoms with van der Waals surface area (Å²) in [5, 5.41) is 9.01. The Kier molecular flexibility index (Phi) is 3.14. The Labute approximate surface area is 102 Å². The molecule has 1 aliphatic rings. The molecule has 0 aliphatic carbocycles. The number of hydrogen-bond donors (Lipinski definition) is 1. The molecule has 1 amide bonds. The van der Waals surface area contributed by atoms with Crippen LogP contribution in [0.1, 0.15) is 18.0 Å². The van der Waals surface area contributed by atoms with Crippen LogP contribution in [0.5, 0.6) is 5.88 Å². The SMILES string of the molecule is COc1ncc(F)cc1[C@H]1CC(=O)CN1C(=O)O. The maximum Gasteiger partial charge on any atom is 0.408 e. The zero-order valence-electron chi connectivity index (χ0n) is 9.59. The number of halogens is 1. The van der Waals surface area contributed by atoms with Crippen LogP contribution in [0.3, 0.4) is 0 Å². The topological polar surface area (TPSA) is 79.7 Å². The Morgan fingerprint density at radius 1 is 1.67 bits per heavy atom. The third-order valence-electron chi connectivity index (χ3n) is 2.79. The Morgan fingerprint density at radius 3 is 3.00 bits per heavy atom. The van der Waals surface area contributed by atoms with E-state index in [0.29, 0.717) is 0 Å². The minimum atomic E-state index is -1.22. The fraction of sp³-hybridized carbons (Fsp3) is 0.364. The van der Waals surface area contributed by atoms with Gasteiger partial charge in [0.2, 0.25) is 5.88 Å². The molecular weight excluding hydrogens is 243 g/mol. The molecule has 96 valence electrons. The predicted molar refractivity (Wildman–Crippen MR) is 57.8 cm³/mol. The zero-order valence-corrected chi connectivity index (χ0v) is 9.59. The van der Waals surface area contributed by atoms with E-state index in [1.165, 1.54) is 7.11 Å². The van der Waals surface area contributed by atoms with Crippen molar-refractivity contribution in [2.45, 2.75) is 12.5 Å². The lowest BCUT2D eigenvalue weighted by Crippen LogP contribution is -2.29. The lowest BCUT2D eigenvalue weighted by Gasteiger charge is -2.21. The monoisotopic (exact) mass is 254 g/mol. The number of ether oxygens (including phenoxy) is 1. The van der Waals surface area contributed by atoms with E-state index in [-0.39, 0.29) is 30.2 Å². The van der Waals surface area contributed by atoms with Crippen molar-refractivity contribution in [3.05, 3.63) is 23.6 Å². The molecule has 1 saturated heterocycles. The molecule has 1 atom stereocenters. The summed E-state index contributed by atoms with van der Waals surface area (Å²) in [6.07, 6.45) is -0.241. The van der Waals surface area contributed by atoms with E-state index in [1.807, 2.05) is 0 Å². The molecule has 1 aromatic rings. The van der Waals surface area contributed by atoms with Crippen molar-refractivity contribution < 1.29 is 23.8 Å². The number of methoxy groups -OCH3 is 1. The van der Waals surface area contributed by atoms with Crippen LogP contribution in [0, 0.1) is 5.82 Å². The average Bonchev–Trinajstić information content (AvgIpc) is 2.71. The fourth-order valence-corrected chi connectivity index (χ4v) is 2.02. The summed E-state index contributed by atoms with van der Waals surface area (Å²) < 4.78 is 18.2. The first-order valence-electron chi connectivity index (χ1n) is 5.23. The maximum atomic E-state index is 13.2. The number of Topliss-reactive ketones (excluding diaryl/α,β-unsaturated/α-hetero) is 1. The summed E-state index contributed by atoms with van der Waals surface area (Å²) >= 11 is 0. The summed E-state index contributed by atoms with van der Waals surface area (Å²) in [4.78, 5) is 27.1. The number of carboxylic acid groups (broad SMARTS) is 1. The first kappa shape index (κ1) is 12.3. The van der Waals surface area contributed by atoms with E-state index < -0.39 is 18.0 Å². The van der Waals surface area contributed by atoms with Gasteiger partial charge in [-0.3, -0.25) is 9.69 Å². The number of amides is 1. The first-order valence-corrected chi connectivity index (χ1v) is 5.23. The van der Waals surface area contributed by atoms with Gasteiger partial charge in [-0.2, -0.15) is 0 Å². The second-order valence-electron chi connectivity index (χ2n) is 3.92. The zero-order chi connectivity index (χ0) is 13.3. The molecule has 7 heteroatoms. The number of ketones is 1. The third-order valence-corrected chi connectivity index (χ3v) is 2.79. The second kappa shape index (κ2) is 4.59. The highest BCUT2D eigenvalue weighted by molar-refractivity contribution is 5.88. The number of hydrogen-bond acceptors (Lipinski definition) is 4. The molecule has 0 bridgehead atoms. The predicted octanol–water partition coefficient (Wildman–Crippen LogP) is 1.22. The molecule has 1 aromatic heterocycles. The molecule has 18 heavy (non-hydrogen) atoms. The van der Waals surface area contributed by atoms with Crippen molar-refractivity contribution in [3.8, 4) is 5.88 Å². The van der Waals surface area contributed by atoms with Crippen molar-refractivity contribution in [3.63, 3.8) is 0 Å². The van der Waals surface area contributed by atoms with E-state index in [9.17, 15) is 14.0 Å². The van der Waals surface area contributed by atoms with Crippen LogP contribution in [0.4, 0.5) is 9.18 Å². The molecule has 1 aliphatic heterocycles. The van der Waals surface area contributed by atoms with Gasteiger partial charge in [0.25, 0.3) is 0 Å². The maximum absolute atomic E-state index is 13.2. The number of nitrogens with zero attached hydrogens (tertiary/aromatic N) is 2. The van der Waals surface area contributed by atoms with Gasteiger partial charge in [0, 0.05) is 12.0 Å². The summed E-state index contributed by atoms with van der Waals surface area (Å²) in [6.45, 7) is -0.195. The van der Waals surface area contributed by atoms with E-state index in [0.717, 1.165) is 17.2 Å². The number of carbonyl (C=O) groups excluding carboxylic acids is 1. The quantitative estimate of drug-likeness (QED) is 0.858. The van der Waals surface area contributed by atoms with Gasteiger partial charge in [0.15, 0.2) is 5.78 Å². The molecular formula is C11H11FN2O4. The number of likely N-dealkylation sites (tertiary alicyclic amines) is 1. The highest BCUT2D eigenvalue weighted by Gasteiger charge is 2.37. The van der Waals surface area contributed by atoms with Gasteiger partial charge in [0.1, 0.15) is 5.82 Å². The highest BCUT2D eigenvalue weighted by Crippen LogP contribution is 2.34. The Hall–Kier alpha value is -2.18. The van der Waals surface area contributed by atoms with Crippen LogP contribution in [-0.2, 0) is 4.79 Å². The molecule has 1 fully saturated rings. The highest BCUT2D eigenvalue weighted by atomic mass is 19.1. The molecule has 1 N–H and O–H groups in total. The lowest BCUT2D eigenvalue weighted by molar-refractivity contribution is -0.116. The van der Waals surface area contributed by atoms with Gasteiger partial charge in [-0.25, -0.2) is 14.2 Å². The third kappa shape index (κ3) is 2.11. The molecule has 0 aromatic carbocycles. The number of rotatable bonds is 2. The van der Waals surface area contributed by atoms with Crippen LogP contribution in [0.2, 0.25) is 0 Å². The Balaban J connectivity index is 2.43. The van der Waals surface area contributed by atoms with Crippen molar-refractivity contribution in [1.29, 1.82) is 0 Å². The molecule has 2 heterocycles. The molecule has 0 spiro atoms. The fourth-order valence-electron chi connectivity index (χ4n) is 2.02. The van der Waals surface area contributed by atoms with Gasteiger partial charge in [-0.15, -0.1) is 0 Å². The van der Waals surface area contributed by atoms with Gasteiger partial charge in [-0.1, -0.05) is 0 Å².